The van der Waals surface area contributed by atoms with Gasteiger partial charge in [-0.3, -0.25) is 4.79 Å². The van der Waals surface area contributed by atoms with Crippen molar-refractivity contribution >= 4 is 23.1 Å². The van der Waals surface area contributed by atoms with Gasteiger partial charge in [0.25, 0.3) is 0 Å². The lowest BCUT2D eigenvalue weighted by Crippen LogP contribution is -2.36. The van der Waals surface area contributed by atoms with Gasteiger partial charge < -0.3 is 10.6 Å². The van der Waals surface area contributed by atoms with Crippen LogP contribution in [0, 0.1) is 16.7 Å². The van der Waals surface area contributed by atoms with Crippen molar-refractivity contribution in [3.8, 4) is 0 Å². The number of amides is 1. The molecular formula is C11H20N2OS. The summed E-state index contributed by atoms with van der Waals surface area (Å²) in [5.74, 6) is 0.238. The molecule has 86 valence electrons. The van der Waals surface area contributed by atoms with Crippen LogP contribution >= 0.6 is 12.2 Å². The molecule has 0 spiro atoms. The standard InChI is InChI=1S/C11H20N2OS/c1-10(2)8(11(10,3)4)9(14)13(5)6-7(12)15/h8H,6H2,1-5H3,(H2,12,15). The lowest BCUT2D eigenvalue weighted by molar-refractivity contribution is -0.131. The van der Waals surface area contributed by atoms with E-state index in [1.165, 1.54) is 0 Å². The van der Waals surface area contributed by atoms with Gasteiger partial charge in [-0.05, 0) is 10.8 Å². The maximum Gasteiger partial charge on any atom is 0.226 e. The molecule has 0 bridgehead atoms. The molecule has 0 radical (unpaired) electrons. The van der Waals surface area contributed by atoms with E-state index in [0.29, 0.717) is 11.5 Å². The second-order valence-corrected chi connectivity index (χ2v) is 6.06. The summed E-state index contributed by atoms with van der Waals surface area (Å²) in [6, 6.07) is 0. The Kier molecular flexibility index (Phi) is 2.85. The highest BCUT2D eigenvalue weighted by atomic mass is 32.1. The molecule has 15 heavy (non-hydrogen) atoms. The zero-order chi connectivity index (χ0) is 12.0. The molecule has 2 N–H and O–H groups in total. The molecule has 0 unspecified atom stereocenters. The van der Waals surface area contributed by atoms with Gasteiger partial charge in [-0.2, -0.15) is 0 Å². The Morgan fingerprint density at radius 1 is 1.33 bits per heavy atom. The lowest BCUT2D eigenvalue weighted by atomic mass is 10.0. The van der Waals surface area contributed by atoms with E-state index in [1.54, 1.807) is 11.9 Å². The second kappa shape index (κ2) is 3.44. The van der Waals surface area contributed by atoms with Crippen molar-refractivity contribution in [2.24, 2.45) is 22.5 Å². The van der Waals surface area contributed by atoms with E-state index in [4.69, 9.17) is 18.0 Å². The molecule has 0 aliphatic heterocycles. The number of nitrogens with zero attached hydrogens (tertiary/aromatic N) is 1. The van der Waals surface area contributed by atoms with E-state index in [2.05, 4.69) is 27.7 Å². The summed E-state index contributed by atoms with van der Waals surface area (Å²) in [6.45, 7) is 8.89. The van der Waals surface area contributed by atoms with Gasteiger partial charge >= 0.3 is 0 Å². The molecule has 0 aromatic carbocycles. The fraction of sp³-hybridized carbons (Fsp3) is 0.818. The number of thiocarbonyl (C=S) groups is 1. The van der Waals surface area contributed by atoms with Crippen LogP contribution in [0.3, 0.4) is 0 Å². The van der Waals surface area contributed by atoms with E-state index >= 15 is 0 Å². The molecule has 0 saturated heterocycles. The molecular weight excluding hydrogens is 208 g/mol. The van der Waals surface area contributed by atoms with Gasteiger partial charge in [-0.1, -0.05) is 39.9 Å². The van der Waals surface area contributed by atoms with Gasteiger partial charge in [0.05, 0.1) is 11.5 Å². The molecule has 1 rings (SSSR count). The quantitative estimate of drug-likeness (QED) is 0.743. The average molecular weight is 228 g/mol. The van der Waals surface area contributed by atoms with Crippen LogP contribution in [-0.2, 0) is 4.79 Å². The number of hydrogen-bond donors (Lipinski definition) is 1. The number of carbonyl (C=O) groups excluding carboxylic acids is 1. The first-order valence-electron chi connectivity index (χ1n) is 5.15. The first kappa shape index (κ1) is 12.4. The smallest absolute Gasteiger partial charge is 0.226 e. The number of nitrogens with two attached hydrogens (primary N) is 1. The molecule has 0 aromatic heterocycles. The summed E-state index contributed by atoms with van der Waals surface area (Å²) in [4.78, 5) is 14.1. The van der Waals surface area contributed by atoms with Crippen LogP contribution in [0.5, 0.6) is 0 Å². The number of carbonyl (C=O) groups is 1. The van der Waals surface area contributed by atoms with Crippen LogP contribution < -0.4 is 5.73 Å². The number of rotatable bonds is 3. The van der Waals surface area contributed by atoms with Gasteiger partial charge in [0.15, 0.2) is 0 Å². The van der Waals surface area contributed by atoms with E-state index in [9.17, 15) is 4.79 Å². The maximum atomic E-state index is 12.1. The van der Waals surface area contributed by atoms with E-state index < -0.39 is 0 Å². The Balaban J connectivity index is 2.69. The number of likely N-dealkylation sites (N-methyl/N-ethyl adjacent to an activating group) is 1. The minimum atomic E-state index is 0.0779. The third-order valence-corrected chi connectivity index (χ3v) is 4.17. The van der Waals surface area contributed by atoms with Crippen LogP contribution in [-0.4, -0.2) is 29.4 Å². The third-order valence-electron chi connectivity index (χ3n) is 4.04. The van der Waals surface area contributed by atoms with Crippen LogP contribution in [0.4, 0.5) is 0 Å². The van der Waals surface area contributed by atoms with Crippen LogP contribution in [0.15, 0.2) is 0 Å². The number of hydrogen-bond acceptors (Lipinski definition) is 2. The van der Waals surface area contributed by atoms with Crippen molar-refractivity contribution in [1.29, 1.82) is 0 Å². The summed E-state index contributed by atoms with van der Waals surface area (Å²) in [6.07, 6.45) is 0. The highest BCUT2D eigenvalue weighted by Crippen LogP contribution is 2.68. The molecule has 0 heterocycles. The van der Waals surface area contributed by atoms with Crippen molar-refractivity contribution in [3.63, 3.8) is 0 Å². The van der Waals surface area contributed by atoms with Gasteiger partial charge in [-0.25, -0.2) is 0 Å². The van der Waals surface area contributed by atoms with E-state index in [1.807, 2.05) is 0 Å². The van der Waals surface area contributed by atoms with Crippen LogP contribution in [0.2, 0.25) is 0 Å². The van der Waals surface area contributed by atoms with Crippen molar-refractivity contribution < 1.29 is 4.79 Å². The highest BCUT2D eigenvalue weighted by molar-refractivity contribution is 7.80. The summed E-state index contributed by atoms with van der Waals surface area (Å²) in [5, 5.41) is 0. The van der Waals surface area contributed by atoms with Crippen LogP contribution in [0.25, 0.3) is 0 Å². The normalized spacial score (nSPS) is 22.2. The van der Waals surface area contributed by atoms with Crippen molar-refractivity contribution in [3.05, 3.63) is 0 Å². The summed E-state index contributed by atoms with van der Waals surface area (Å²) < 4.78 is 0. The molecule has 1 fully saturated rings. The Bertz CT molecular complexity index is 296. The first-order chi connectivity index (χ1) is 6.62. The van der Waals surface area contributed by atoms with Crippen LogP contribution in [0.1, 0.15) is 27.7 Å². The zero-order valence-corrected chi connectivity index (χ0v) is 10.9. The topological polar surface area (TPSA) is 46.3 Å². The molecule has 0 atom stereocenters. The molecule has 0 aromatic rings. The Morgan fingerprint density at radius 2 is 1.73 bits per heavy atom. The fourth-order valence-corrected chi connectivity index (χ4v) is 2.54. The van der Waals surface area contributed by atoms with Gasteiger partial charge in [0, 0.05) is 13.0 Å². The highest BCUT2D eigenvalue weighted by Gasteiger charge is 2.68. The predicted molar refractivity (Wildman–Crippen MR) is 65.5 cm³/mol. The Hall–Kier alpha value is -0.640. The second-order valence-electron chi connectivity index (χ2n) is 5.54. The molecule has 3 nitrogen and oxygen atoms in total. The lowest BCUT2D eigenvalue weighted by Gasteiger charge is -2.17. The minimum Gasteiger partial charge on any atom is -0.392 e. The molecule has 1 saturated carbocycles. The summed E-state index contributed by atoms with van der Waals surface area (Å²) in [7, 11) is 1.76. The van der Waals surface area contributed by atoms with E-state index in [0.717, 1.165) is 0 Å². The monoisotopic (exact) mass is 228 g/mol. The predicted octanol–water partition coefficient (Wildman–Crippen LogP) is 1.41. The fourth-order valence-electron chi connectivity index (χ4n) is 2.35. The van der Waals surface area contributed by atoms with Crippen molar-refractivity contribution in [1.82, 2.24) is 4.90 Å². The summed E-state index contributed by atoms with van der Waals surface area (Å²) in [5.41, 5.74) is 5.58. The third kappa shape index (κ3) is 1.87. The molecule has 1 amide bonds. The van der Waals surface area contributed by atoms with Gasteiger partial charge in [0.1, 0.15) is 0 Å². The minimum absolute atomic E-state index is 0.0779. The largest absolute Gasteiger partial charge is 0.392 e. The Labute approximate surface area is 97.0 Å². The molecule has 1 aliphatic carbocycles. The SMILES string of the molecule is CN(CC(N)=S)C(=O)C1C(C)(C)C1(C)C. The van der Waals surface area contributed by atoms with Crippen molar-refractivity contribution in [2.45, 2.75) is 27.7 Å². The van der Waals surface area contributed by atoms with Crippen molar-refractivity contribution in [2.75, 3.05) is 13.6 Å². The first-order valence-corrected chi connectivity index (χ1v) is 5.56. The average Bonchev–Trinajstić information content (AvgIpc) is 2.40. The zero-order valence-electron chi connectivity index (χ0n) is 10.1. The summed E-state index contributed by atoms with van der Waals surface area (Å²) >= 11 is 4.80. The van der Waals surface area contributed by atoms with Gasteiger partial charge in [0.2, 0.25) is 5.91 Å². The van der Waals surface area contributed by atoms with E-state index in [-0.39, 0.29) is 22.7 Å². The maximum absolute atomic E-state index is 12.1. The molecule has 4 heteroatoms. The molecule has 1 aliphatic rings. The Morgan fingerprint density at radius 3 is 2.00 bits per heavy atom. The van der Waals surface area contributed by atoms with Gasteiger partial charge in [-0.15, -0.1) is 0 Å².